The average Bonchev–Trinajstić information content (AvgIpc) is 2.54. The molecule has 1 N–H and O–H groups in total. The predicted molar refractivity (Wildman–Crippen MR) is 97.0 cm³/mol. The summed E-state index contributed by atoms with van der Waals surface area (Å²) >= 11 is 0. The second-order valence-corrected chi connectivity index (χ2v) is 5.87. The van der Waals surface area contributed by atoms with E-state index in [-0.39, 0.29) is 5.91 Å². The van der Waals surface area contributed by atoms with E-state index in [9.17, 15) is 9.59 Å². The van der Waals surface area contributed by atoms with E-state index in [2.05, 4.69) is 5.32 Å². The SMILES string of the molecule is CCOC(=O)c1cccc(NC(=O)[C@@H](C)Oc2cc(C)cc(C)c2)c1. The van der Waals surface area contributed by atoms with Gasteiger partial charge in [0.15, 0.2) is 6.10 Å². The second-order valence-electron chi connectivity index (χ2n) is 5.87. The Bertz CT molecular complexity index is 750. The predicted octanol–water partition coefficient (Wildman–Crippen LogP) is 3.89. The van der Waals surface area contributed by atoms with Crippen molar-refractivity contribution in [3.05, 3.63) is 59.2 Å². The first-order valence-electron chi connectivity index (χ1n) is 8.22. The normalized spacial score (nSPS) is 11.5. The van der Waals surface area contributed by atoms with E-state index in [1.807, 2.05) is 32.0 Å². The number of carbonyl (C=O) groups is 2. The highest BCUT2D eigenvalue weighted by molar-refractivity contribution is 5.96. The molecule has 0 fully saturated rings. The van der Waals surface area contributed by atoms with E-state index >= 15 is 0 Å². The van der Waals surface area contributed by atoms with Crippen LogP contribution in [0.3, 0.4) is 0 Å². The van der Waals surface area contributed by atoms with Gasteiger partial charge < -0.3 is 14.8 Å². The number of amides is 1. The van der Waals surface area contributed by atoms with Gasteiger partial charge in [-0.05, 0) is 69.2 Å². The van der Waals surface area contributed by atoms with E-state index in [1.165, 1.54) is 0 Å². The average molecular weight is 341 g/mol. The highest BCUT2D eigenvalue weighted by Gasteiger charge is 2.16. The van der Waals surface area contributed by atoms with Gasteiger partial charge in [0.1, 0.15) is 5.75 Å². The van der Waals surface area contributed by atoms with Crippen molar-refractivity contribution >= 4 is 17.6 Å². The highest BCUT2D eigenvalue weighted by atomic mass is 16.5. The van der Waals surface area contributed by atoms with Crippen molar-refractivity contribution in [3.8, 4) is 5.75 Å². The summed E-state index contributed by atoms with van der Waals surface area (Å²) in [5.41, 5.74) is 3.06. The van der Waals surface area contributed by atoms with Gasteiger partial charge >= 0.3 is 5.97 Å². The lowest BCUT2D eigenvalue weighted by Crippen LogP contribution is -2.30. The molecule has 0 saturated heterocycles. The van der Waals surface area contributed by atoms with Gasteiger partial charge in [-0.3, -0.25) is 4.79 Å². The van der Waals surface area contributed by atoms with E-state index in [4.69, 9.17) is 9.47 Å². The van der Waals surface area contributed by atoms with E-state index in [0.29, 0.717) is 23.6 Å². The van der Waals surface area contributed by atoms with Gasteiger partial charge in [-0.25, -0.2) is 4.79 Å². The van der Waals surface area contributed by atoms with Crippen LogP contribution in [0.4, 0.5) is 5.69 Å². The van der Waals surface area contributed by atoms with Gasteiger partial charge in [0.2, 0.25) is 0 Å². The lowest BCUT2D eigenvalue weighted by molar-refractivity contribution is -0.122. The van der Waals surface area contributed by atoms with Crippen LogP contribution >= 0.6 is 0 Å². The fraction of sp³-hybridized carbons (Fsp3) is 0.300. The van der Waals surface area contributed by atoms with E-state index in [1.54, 1.807) is 38.1 Å². The summed E-state index contributed by atoms with van der Waals surface area (Å²) in [7, 11) is 0. The quantitative estimate of drug-likeness (QED) is 0.810. The minimum atomic E-state index is -0.674. The molecule has 132 valence electrons. The van der Waals surface area contributed by atoms with Crippen LogP contribution in [-0.4, -0.2) is 24.6 Å². The maximum Gasteiger partial charge on any atom is 0.338 e. The van der Waals surface area contributed by atoms with Crippen molar-refractivity contribution in [2.75, 3.05) is 11.9 Å². The Labute approximate surface area is 148 Å². The minimum Gasteiger partial charge on any atom is -0.481 e. The zero-order chi connectivity index (χ0) is 18.4. The molecule has 25 heavy (non-hydrogen) atoms. The molecule has 2 aromatic rings. The molecular formula is C20H23NO4. The summed E-state index contributed by atoms with van der Waals surface area (Å²) in [5.74, 6) is -0.0567. The Balaban J connectivity index is 2.03. The highest BCUT2D eigenvalue weighted by Crippen LogP contribution is 2.18. The van der Waals surface area contributed by atoms with Gasteiger partial charge in [-0.1, -0.05) is 12.1 Å². The Kier molecular flexibility index (Phi) is 6.17. The van der Waals surface area contributed by atoms with Crippen LogP contribution in [-0.2, 0) is 9.53 Å². The van der Waals surface area contributed by atoms with Crippen LogP contribution in [0.1, 0.15) is 35.3 Å². The Morgan fingerprint density at radius 3 is 2.40 bits per heavy atom. The molecule has 2 aromatic carbocycles. The molecule has 0 bridgehead atoms. The van der Waals surface area contributed by atoms with Crippen molar-refractivity contribution in [3.63, 3.8) is 0 Å². The molecule has 5 heteroatoms. The largest absolute Gasteiger partial charge is 0.481 e. The van der Waals surface area contributed by atoms with Gasteiger partial charge in [-0.2, -0.15) is 0 Å². The zero-order valence-corrected chi connectivity index (χ0v) is 15.0. The third-order valence-electron chi connectivity index (χ3n) is 3.52. The Morgan fingerprint density at radius 1 is 1.08 bits per heavy atom. The summed E-state index contributed by atoms with van der Waals surface area (Å²) in [4.78, 5) is 24.1. The van der Waals surface area contributed by atoms with Crippen molar-refractivity contribution in [2.24, 2.45) is 0 Å². The summed E-state index contributed by atoms with van der Waals surface area (Å²) in [6.45, 7) is 7.69. The number of rotatable bonds is 6. The first-order valence-corrected chi connectivity index (χ1v) is 8.22. The number of nitrogens with one attached hydrogen (secondary N) is 1. The van der Waals surface area contributed by atoms with Crippen LogP contribution in [0.25, 0.3) is 0 Å². The molecule has 0 aromatic heterocycles. The number of hydrogen-bond donors (Lipinski definition) is 1. The molecule has 0 radical (unpaired) electrons. The first-order chi connectivity index (χ1) is 11.9. The maximum absolute atomic E-state index is 12.3. The molecule has 0 aliphatic carbocycles. The fourth-order valence-corrected chi connectivity index (χ4v) is 2.44. The van der Waals surface area contributed by atoms with Gasteiger partial charge in [0.05, 0.1) is 12.2 Å². The second kappa shape index (κ2) is 8.33. The molecule has 0 aliphatic rings. The summed E-state index contributed by atoms with van der Waals surface area (Å²) < 4.78 is 10.7. The fourth-order valence-electron chi connectivity index (χ4n) is 2.44. The Hall–Kier alpha value is -2.82. The lowest BCUT2D eigenvalue weighted by Gasteiger charge is -2.16. The number of hydrogen-bond acceptors (Lipinski definition) is 4. The molecule has 0 unspecified atom stereocenters. The molecule has 2 rings (SSSR count). The third-order valence-corrected chi connectivity index (χ3v) is 3.52. The molecule has 1 atom stereocenters. The summed E-state index contributed by atoms with van der Waals surface area (Å²) in [6.07, 6.45) is -0.674. The number of aryl methyl sites for hydroxylation is 2. The molecular weight excluding hydrogens is 318 g/mol. The number of anilines is 1. The van der Waals surface area contributed by atoms with E-state index < -0.39 is 12.1 Å². The van der Waals surface area contributed by atoms with Crippen molar-refractivity contribution in [2.45, 2.75) is 33.8 Å². The number of esters is 1. The van der Waals surface area contributed by atoms with Crippen LogP contribution in [0.15, 0.2) is 42.5 Å². The smallest absolute Gasteiger partial charge is 0.338 e. The monoisotopic (exact) mass is 341 g/mol. The standard InChI is InChI=1S/C20H23NO4/c1-5-24-20(23)16-7-6-8-17(12-16)21-19(22)15(4)25-18-10-13(2)9-14(3)11-18/h6-12,15H,5H2,1-4H3,(H,21,22)/t15-/m1/s1. The van der Waals surface area contributed by atoms with Crippen molar-refractivity contribution < 1.29 is 19.1 Å². The molecule has 1 amide bonds. The zero-order valence-electron chi connectivity index (χ0n) is 15.0. The number of ether oxygens (including phenoxy) is 2. The van der Waals surface area contributed by atoms with E-state index in [0.717, 1.165) is 11.1 Å². The van der Waals surface area contributed by atoms with Gasteiger partial charge in [0.25, 0.3) is 5.91 Å². The lowest BCUT2D eigenvalue weighted by atomic mass is 10.1. The van der Waals surface area contributed by atoms with Crippen LogP contribution in [0.5, 0.6) is 5.75 Å². The minimum absolute atomic E-state index is 0.292. The van der Waals surface area contributed by atoms with Crippen molar-refractivity contribution in [1.82, 2.24) is 0 Å². The van der Waals surface area contributed by atoms with Gasteiger partial charge in [-0.15, -0.1) is 0 Å². The molecule has 0 saturated carbocycles. The molecule has 0 spiro atoms. The molecule has 0 heterocycles. The number of carbonyl (C=O) groups excluding carboxylic acids is 2. The molecule has 5 nitrogen and oxygen atoms in total. The topological polar surface area (TPSA) is 64.6 Å². The Morgan fingerprint density at radius 2 is 1.76 bits per heavy atom. The summed E-state index contributed by atoms with van der Waals surface area (Å²) in [5, 5.41) is 2.76. The molecule has 0 aliphatic heterocycles. The third kappa shape index (κ3) is 5.35. The summed E-state index contributed by atoms with van der Waals surface area (Å²) in [6, 6.07) is 12.4. The van der Waals surface area contributed by atoms with Crippen LogP contribution < -0.4 is 10.1 Å². The maximum atomic E-state index is 12.3. The van der Waals surface area contributed by atoms with Crippen molar-refractivity contribution in [1.29, 1.82) is 0 Å². The first kappa shape index (κ1) is 18.5. The van der Waals surface area contributed by atoms with Crippen LogP contribution in [0.2, 0.25) is 0 Å². The number of benzene rings is 2. The van der Waals surface area contributed by atoms with Crippen LogP contribution in [0, 0.1) is 13.8 Å². The van der Waals surface area contributed by atoms with Gasteiger partial charge in [0, 0.05) is 5.69 Å².